The molecule has 2 heterocycles. The van der Waals surface area contributed by atoms with Gasteiger partial charge in [-0.05, 0) is 25.5 Å². The Morgan fingerprint density at radius 3 is 2.81 bits per heavy atom. The minimum Gasteiger partial charge on any atom is -0.478 e. The highest BCUT2D eigenvalue weighted by molar-refractivity contribution is 5.95. The van der Waals surface area contributed by atoms with Crippen LogP contribution in [0.2, 0.25) is 0 Å². The second kappa shape index (κ2) is 7.61. The first-order valence-electron chi connectivity index (χ1n) is 8.44. The number of methoxy groups -OCH3 is 1. The number of amides is 1. The molecule has 7 heteroatoms. The van der Waals surface area contributed by atoms with E-state index >= 15 is 0 Å². The molecular formula is C19H21N3O4. The van der Waals surface area contributed by atoms with Crippen LogP contribution in [0.1, 0.15) is 34.2 Å². The van der Waals surface area contributed by atoms with Crippen molar-refractivity contribution in [2.75, 3.05) is 26.8 Å². The summed E-state index contributed by atoms with van der Waals surface area (Å²) in [5.41, 5.74) is 2.20. The largest absolute Gasteiger partial charge is 0.478 e. The van der Waals surface area contributed by atoms with Gasteiger partial charge < -0.3 is 14.7 Å². The SMILES string of the molecule is COCC(=O)N1CCC(c2cc(-c3ccccc3C(=O)O)nc(C)n2)C1. The number of nitrogens with zero attached hydrogens (tertiary/aromatic N) is 3. The average Bonchev–Trinajstić information content (AvgIpc) is 3.12. The molecule has 136 valence electrons. The zero-order valence-electron chi connectivity index (χ0n) is 14.8. The van der Waals surface area contributed by atoms with Gasteiger partial charge in [-0.15, -0.1) is 0 Å². The van der Waals surface area contributed by atoms with Crippen molar-refractivity contribution in [3.63, 3.8) is 0 Å². The number of aromatic carboxylic acids is 1. The third-order valence-corrected chi connectivity index (χ3v) is 4.52. The number of aryl methyl sites for hydroxylation is 1. The lowest BCUT2D eigenvalue weighted by atomic mass is 9.99. The number of likely N-dealkylation sites (tertiary alicyclic amines) is 1. The summed E-state index contributed by atoms with van der Waals surface area (Å²) < 4.78 is 4.92. The van der Waals surface area contributed by atoms with E-state index in [0.29, 0.717) is 30.2 Å². The van der Waals surface area contributed by atoms with E-state index in [9.17, 15) is 14.7 Å². The van der Waals surface area contributed by atoms with Crippen LogP contribution in [-0.2, 0) is 9.53 Å². The van der Waals surface area contributed by atoms with Crippen molar-refractivity contribution in [2.45, 2.75) is 19.3 Å². The Kier molecular flexibility index (Phi) is 5.27. The Labute approximate surface area is 151 Å². The van der Waals surface area contributed by atoms with Crippen LogP contribution in [-0.4, -0.2) is 58.7 Å². The molecule has 0 bridgehead atoms. The summed E-state index contributed by atoms with van der Waals surface area (Å²) in [7, 11) is 1.51. The average molecular weight is 355 g/mol. The summed E-state index contributed by atoms with van der Waals surface area (Å²) in [5, 5.41) is 9.42. The molecule has 0 saturated carbocycles. The van der Waals surface area contributed by atoms with Gasteiger partial charge in [0.25, 0.3) is 0 Å². The highest BCUT2D eigenvalue weighted by Crippen LogP contribution is 2.29. The van der Waals surface area contributed by atoms with E-state index in [1.54, 1.807) is 36.1 Å². The van der Waals surface area contributed by atoms with Gasteiger partial charge in [-0.1, -0.05) is 18.2 Å². The molecule has 1 N–H and O–H groups in total. The molecule has 1 unspecified atom stereocenters. The Hall–Kier alpha value is -2.80. The monoisotopic (exact) mass is 355 g/mol. The number of hydrogen-bond acceptors (Lipinski definition) is 5. The van der Waals surface area contributed by atoms with Crippen LogP contribution in [0.15, 0.2) is 30.3 Å². The number of aromatic nitrogens is 2. The predicted molar refractivity (Wildman–Crippen MR) is 95.0 cm³/mol. The molecule has 1 aliphatic rings. The summed E-state index contributed by atoms with van der Waals surface area (Å²) >= 11 is 0. The van der Waals surface area contributed by atoms with Gasteiger partial charge >= 0.3 is 5.97 Å². The fraction of sp³-hybridized carbons (Fsp3) is 0.368. The number of carbonyl (C=O) groups excluding carboxylic acids is 1. The fourth-order valence-electron chi connectivity index (χ4n) is 3.27. The maximum atomic E-state index is 12.0. The predicted octanol–water partition coefficient (Wildman–Crippen LogP) is 2.11. The standard InChI is InChI=1S/C19H21N3O4/c1-12-20-16(13-7-8-22(10-13)18(23)11-26-2)9-17(21-12)14-5-3-4-6-15(14)19(24)25/h3-6,9,13H,7-8,10-11H2,1-2H3,(H,24,25). The number of carboxylic acids is 1. The maximum Gasteiger partial charge on any atom is 0.336 e. The number of ether oxygens (including phenoxy) is 1. The van der Waals surface area contributed by atoms with E-state index < -0.39 is 5.97 Å². The summed E-state index contributed by atoms with van der Waals surface area (Å²) in [6, 6.07) is 8.63. The van der Waals surface area contributed by atoms with Crippen molar-refractivity contribution in [1.29, 1.82) is 0 Å². The Balaban J connectivity index is 1.90. The topological polar surface area (TPSA) is 92.6 Å². The third-order valence-electron chi connectivity index (χ3n) is 4.52. The molecule has 1 aromatic heterocycles. The van der Waals surface area contributed by atoms with Gasteiger partial charge in [-0.3, -0.25) is 4.79 Å². The molecule has 7 nitrogen and oxygen atoms in total. The van der Waals surface area contributed by atoms with E-state index in [-0.39, 0.29) is 24.0 Å². The van der Waals surface area contributed by atoms with Crippen molar-refractivity contribution in [1.82, 2.24) is 14.9 Å². The highest BCUT2D eigenvalue weighted by Gasteiger charge is 2.28. The Morgan fingerprint density at radius 1 is 1.31 bits per heavy atom. The first-order valence-corrected chi connectivity index (χ1v) is 8.44. The van der Waals surface area contributed by atoms with Crippen LogP contribution in [0.25, 0.3) is 11.3 Å². The fourth-order valence-corrected chi connectivity index (χ4v) is 3.27. The summed E-state index contributed by atoms with van der Waals surface area (Å²) in [5.74, 6) is -0.333. The van der Waals surface area contributed by atoms with Gasteiger partial charge in [-0.2, -0.15) is 0 Å². The molecule has 1 amide bonds. The van der Waals surface area contributed by atoms with Gasteiger partial charge in [0.1, 0.15) is 12.4 Å². The first kappa shape index (κ1) is 18.0. The molecule has 2 aromatic rings. The van der Waals surface area contributed by atoms with Crippen molar-refractivity contribution in [3.05, 3.63) is 47.4 Å². The molecule has 1 aromatic carbocycles. The first-order chi connectivity index (χ1) is 12.5. The van der Waals surface area contributed by atoms with Crippen molar-refractivity contribution in [3.8, 4) is 11.3 Å². The van der Waals surface area contributed by atoms with Crippen LogP contribution in [0, 0.1) is 6.92 Å². The lowest BCUT2D eigenvalue weighted by Gasteiger charge is -2.16. The zero-order valence-corrected chi connectivity index (χ0v) is 14.8. The quantitative estimate of drug-likeness (QED) is 0.883. The van der Waals surface area contributed by atoms with E-state index in [0.717, 1.165) is 12.1 Å². The van der Waals surface area contributed by atoms with Gasteiger partial charge in [-0.25, -0.2) is 14.8 Å². The van der Waals surface area contributed by atoms with Crippen molar-refractivity contribution < 1.29 is 19.4 Å². The second-order valence-corrected chi connectivity index (χ2v) is 6.33. The number of hydrogen-bond donors (Lipinski definition) is 1. The molecule has 1 aliphatic heterocycles. The minimum absolute atomic E-state index is 0.0303. The van der Waals surface area contributed by atoms with Gasteiger partial charge in [0.2, 0.25) is 5.91 Å². The molecule has 26 heavy (non-hydrogen) atoms. The minimum atomic E-state index is -0.990. The number of rotatable bonds is 5. The highest BCUT2D eigenvalue weighted by atomic mass is 16.5. The van der Waals surface area contributed by atoms with Crippen molar-refractivity contribution >= 4 is 11.9 Å². The normalized spacial score (nSPS) is 16.7. The lowest BCUT2D eigenvalue weighted by molar-refractivity contribution is -0.134. The number of carbonyl (C=O) groups is 2. The van der Waals surface area contributed by atoms with E-state index in [1.165, 1.54) is 7.11 Å². The van der Waals surface area contributed by atoms with E-state index in [2.05, 4.69) is 9.97 Å². The molecule has 1 saturated heterocycles. The number of benzene rings is 1. The molecular weight excluding hydrogens is 334 g/mol. The smallest absolute Gasteiger partial charge is 0.336 e. The van der Waals surface area contributed by atoms with Crippen LogP contribution in [0.5, 0.6) is 0 Å². The van der Waals surface area contributed by atoms with Crippen LogP contribution in [0.4, 0.5) is 0 Å². The summed E-state index contributed by atoms with van der Waals surface area (Å²) in [6.07, 6.45) is 0.811. The zero-order chi connectivity index (χ0) is 18.7. The molecule has 0 aliphatic carbocycles. The molecule has 0 spiro atoms. The maximum absolute atomic E-state index is 12.0. The second-order valence-electron chi connectivity index (χ2n) is 6.33. The summed E-state index contributed by atoms with van der Waals surface area (Å²) in [6.45, 7) is 3.11. The summed E-state index contributed by atoms with van der Waals surface area (Å²) in [4.78, 5) is 34.2. The molecule has 0 radical (unpaired) electrons. The molecule has 1 fully saturated rings. The van der Waals surface area contributed by atoms with Crippen molar-refractivity contribution in [2.24, 2.45) is 0 Å². The van der Waals surface area contributed by atoms with E-state index in [4.69, 9.17) is 4.74 Å². The van der Waals surface area contributed by atoms with Crippen LogP contribution < -0.4 is 0 Å². The lowest BCUT2D eigenvalue weighted by Crippen LogP contribution is -2.31. The Morgan fingerprint density at radius 2 is 2.08 bits per heavy atom. The molecule has 1 atom stereocenters. The van der Waals surface area contributed by atoms with Gasteiger partial charge in [0.15, 0.2) is 0 Å². The van der Waals surface area contributed by atoms with Crippen LogP contribution >= 0.6 is 0 Å². The van der Waals surface area contributed by atoms with Gasteiger partial charge in [0.05, 0.1) is 11.3 Å². The third kappa shape index (κ3) is 3.72. The number of carboxylic acid groups (broad SMARTS) is 1. The molecule has 3 rings (SSSR count). The van der Waals surface area contributed by atoms with E-state index in [1.807, 2.05) is 6.07 Å². The van der Waals surface area contributed by atoms with Crippen LogP contribution in [0.3, 0.4) is 0 Å². The Bertz CT molecular complexity index is 837. The van der Waals surface area contributed by atoms with Gasteiger partial charge in [0, 0.05) is 37.4 Å².